The summed E-state index contributed by atoms with van der Waals surface area (Å²) in [7, 11) is 0. The normalized spacial score (nSPS) is 11.4. The van der Waals surface area contributed by atoms with E-state index in [1.54, 1.807) is 6.92 Å². The van der Waals surface area contributed by atoms with Gasteiger partial charge in [0.05, 0.1) is 0 Å². The van der Waals surface area contributed by atoms with E-state index in [-0.39, 0.29) is 15.6 Å². The summed E-state index contributed by atoms with van der Waals surface area (Å²) in [5.74, 6) is 0.161. The fraction of sp³-hybridized carbons (Fsp3) is 0.800. The molecule has 0 amide bonds. The lowest BCUT2D eigenvalue weighted by Gasteiger charge is -2.15. The largest absolute Gasteiger partial charge is 0.300 e. The third-order valence-electron chi connectivity index (χ3n) is 1.33. The molecule has 0 aromatic carbocycles. The van der Waals surface area contributed by atoms with Gasteiger partial charge in [0.1, 0.15) is 5.78 Å². The van der Waals surface area contributed by atoms with Gasteiger partial charge in [-0.25, -0.2) is 0 Å². The highest BCUT2D eigenvalue weighted by atomic mass is 32.2. The molecule has 0 N–H and O–H groups in total. The molecule has 0 unspecified atom stereocenters. The number of carbonyl (C=O) groups is 2. The Hall–Kier alpha value is -0.310. The van der Waals surface area contributed by atoms with Crippen LogP contribution in [-0.4, -0.2) is 15.6 Å². The van der Waals surface area contributed by atoms with Crippen LogP contribution in [0.4, 0.5) is 0 Å². The molecule has 0 aliphatic carbocycles. The van der Waals surface area contributed by atoms with Gasteiger partial charge in [-0.3, -0.25) is 4.79 Å². The molecular weight excluding hydrogens is 184 g/mol. The van der Waals surface area contributed by atoms with Crippen molar-refractivity contribution in [3.8, 4) is 0 Å². The topological polar surface area (TPSA) is 34.1 Å². The lowest BCUT2D eigenvalue weighted by molar-refractivity contribution is -0.117. The summed E-state index contributed by atoms with van der Waals surface area (Å²) in [5.41, 5.74) is 0. The molecule has 0 rings (SSSR count). The third kappa shape index (κ3) is 9.61. The summed E-state index contributed by atoms with van der Waals surface area (Å²) < 4.78 is -0.00664. The number of hydrogen-bond acceptors (Lipinski definition) is 3. The molecule has 3 heteroatoms. The predicted octanol–water partition coefficient (Wildman–Crippen LogP) is 2.80. The zero-order valence-electron chi connectivity index (χ0n) is 8.85. The van der Waals surface area contributed by atoms with Crippen LogP contribution in [0.1, 0.15) is 47.0 Å². The van der Waals surface area contributed by atoms with Crippen molar-refractivity contribution in [1.29, 1.82) is 0 Å². The molecule has 0 fully saturated rings. The van der Waals surface area contributed by atoms with Crippen molar-refractivity contribution in [1.82, 2.24) is 0 Å². The maximum atomic E-state index is 11.3. The molecule has 13 heavy (non-hydrogen) atoms. The Kier molecular flexibility index (Phi) is 5.30. The van der Waals surface area contributed by atoms with Crippen LogP contribution in [-0.2, 0) is 9.59 Å². The van der Waals surface area contributed by atoms with E-state index in [4.69, 9.17) is 0 Å². The highest BCUT2D eigenvalue weighted by molar-refractivity contribution is 8.14. The summed E-state index contributed by atoms with van der Waals surface area (Å²) in [6.07, 6.45) is 1.73. The Bertz CT molecular complexity index is 192. The number of ketones is 1. The number of rotatable bonds is 4. The van der Waals surface area contributed by atoms with Crippen LogP contribution in [0, 0.1) is 0 Å². The number of carbonyl (C=O) groups excluding carboxylic acids is 2. The average Bonchev–Trinajstić information content (AvgIpc) is 1.81. The van der Waals surface area contributed by atoms with Crippen LogP contribution in [0.2, 0.25) is 0 Å². The molecule has 2 nitrogen and oxygen atoms in total. The number of Topliss-reactive ketones (excluding diaryl/α,β-unsaturated/α-hetero) is 1. The Morgan fingerprint density at radius 2 is 1.69 bits per heavy atom. The van der Waals surface area contributed by atoms with Gasteiger partial charge in [0.2, 0.25) is 0 Å². The quantitative estimate of drug-likeness (QED) is 0.703. The van der Waals surface area contributed by atoms with Gasteiger partial charge in [-0.2, -0.15) is 0 Å². The number of hydrogen-bond donors (Lipinski definition) is 0. The molecule has 0 radical (unpaired) electrons. The van der Waals surface area contributed by atoms with Crippen molar-refractivity contribution >= 4 is 22.7 Å². The highest BCUT2D eigenvalue weighted by Crippen LogP contribution is 2.25. The predicted molar refractivity (Wildman–Crippen MR) is 56.9 cm³/mol. The SMILES string of the molecule is CC(=O)CCCC(=O)SC(C)(C)C. The molecule has 0 aromatic rings. The van der Waals surface area contributed by atoms with Gasteiger partial charge in [-0.1, -0.05) is 32.5 Å². The van der Waals surface area contributed by atoms with Crippen molar-refractivity contribution in [2.24, 2.45) is 0 Å². The summed E-state index contributed by atoms with van der Waals surface area (Å²) in [6.45, 7) is 7.60. The van der Waals surface area contributed by atoms with E-state index in [1.807, 2.05) is 20.8 Å². The summed E-state index contributed by atoms with van der Waals surface area (Å²) >= 11 is 1.36. The second kappa shape index (κ2) is 5.43. The second-order valence-corrected chi connectivity index (χ2v) is 6.03. The first-order valence-electron chi connectivity index (χ1n) is 4.52. The van der Waals surface area contributed by atoms with E-state index < -0.39 is 0 Å². The zero-order chi connectivity index (χ0) is 10.5. The molecule has 0 aromatic heterocycles. The van der Waals surface area contributed by atoms with Crippen molar-refractivity contribution in [3.05, 3.63) is 0 Å². The first-order chi connectivity index (χ1) is 5.81. The van der Waals surface area contributed by atoms with Gasteiger partial charge in [0.25, 0.3) is 0 Å². The fourth-order valence-corrected chi connectivity index (χ4v) is 1.80. The molecule has 0 heterocycles. The molecule has 0 aliphatic heterocycles. The monoisotopic (exact) mass is 202 g/mol. The lowest BCUT2D eigenvalue weighted by Crippen LogP contribution is -2.11. The minimum atomic E-state index is -0.00664. The van der Waals surface area contributed by atoms with Crippen molar-refractivity contribution in [2.45, 2.75) is 51.7 Å². The minimum absolute atomic E-state index is 0.00664. The van der Waals surface area contributed by atoms with Crippen LogP contribution in [0.5, 0.6) is 0 Å². The van der Waals surface area contributed by atoms with E-state index in [1.165, 1.54) is 11.8 Å². The first kappa shape index (κ1) is 12.7. The van der Waals surface area contributed by atoms with E-state index in [0.717, 1.165) is 0 Å². The summed E-state index contributed by atoms with van der Waals surface area (Å²) in [5, 5.41) is 0.189. The Morgan fingerprint density at radius 3 is 2.08 bits per heavy atom. The smallest absolute Gasteiger partial charge is 0.189 e. The van der Waals surface area contributed by atoms with E-state index in [2.05, 4.69) is 0 Å². The molecule has 0 bridgehead atoms. The zero-order valence-corrected chi connectivity index (χ0v) is 9.66. The van der Waals surface area contributed by atoms with Crippen LogP contribution >= 0.6 is 11.8 Å². The lowest BCUT2D eigenvalue weighted by atomic mass is 10.2. The maximum absolute atomic E-state index is 11.3. The molecule has 0 spiro atoms. The Labute approximate surface area is 84.5 Å². The van der Waals surface area contributed by atoms with Gasteiger partial charge >= 0.3 is 0 Å². The highest BCUT2D eigenvalue weighted by Gasteiger charge is 2.16. The Balaban J connectivity index is 3.59. The van der Waals surface area contributed by atoms with Crippen molar-refractivity contribution < 1.29 is 9.59 Å². The summed E-state index contributed by atoms with van der Waals surface area (Å²) in [6, 6.07) is 0. The number of thioether (sulfide) groups is 1. The van der Waals surface area contributed by atoms with E-state index in [9.17, 15) is 9.59 Å². The Morgan fingerprint density at radius 1 is 1.15 bits per heavy atom. The van der Waals surface area contributed by atoms with Crippen LogP contribution in [0.25, 0.3) is 0 Å². The van der Waals surface area contributed by atoms with Crippen LogP contribution in [0.15, 0.2) is 0 Å². The standard InChI is InChI=1S/C10H18O2S/c1-8(11)6-5-7-9(12)13-10(2,3)4/h5-7H2,1-4H3. The third-order valence-corrected chi connectivity index (χ3v) is 2.37. The van der Waals surface area contributed by atoms with Gasteiger partial charge in [-0.15, -0.1) is 0 Å². The molecule has 0 saturated heterocycles. The molecule has 0 atom stereocenters. The van der Waals surface area contributed by atoms with Crippen molar-refractivity contribution in [3.63, 3.8) is 0 Å². The summed E-state index contributed by atoms with van der Waals surface area (Å²) in [4.78, 5) is 21.9. The van der Waals surface area contributed by atoms with Gasteiger partial charge in [-0.05, 0) is 13.3 Å². The van der Waals surface area contributed by atoms with Crippen LogP contribution < -0.4 is 0 Å². The molecule has 0 aliphatic rings. The first-order valence-corrected chi connectivity index (χ1v) is 5.34. The minimum Gasteiger partial charge on any atom is -0.300 e. The molecule has 76 valence electrons. The van der Waals surface area contributed by atoms with E-state index in [0.29, 0.717) is 19.3 Å². The average molecular weight is 202 g/mol. The van der Waals surface area contributed by atoms with Gasteiger partial charge in [0, 0.05) is 17.6 Å². The van der Waals surface area contributed by atoms with Crippen LogP contribution in [0.3, 0.4) is 0 Å². The van der Waals surface area contributed by atoms with Gasteiger partial charge < -0.3 is 4.79 Å². The van der Waals surface area contributed by atoms with E-state index >= 15 is 0 Å². The molecular formula is C10H18O2S. The fourth-order valence-electron chi connectivity index (χ4n) is 0.874. The van der Waals surface area contributed by atoms with Crippen molar-refractivity contribution in [2.75, 3.05) is 0 Å². The maximum Gasteiger partial charge on any atom is 0.189 e. The van der Waals surface area contributed by atoms with Gasteiger partial charge in [0.15, 0.2) is 5.12 Å². The second-order valence-electron chi connectivity index (χ2n) is 4.14. The molecule has 0 saturated carbocycles.